The van der Waals surface area contributed by atoms with Gasteiger partial charge in [-0.15, -0.1) is 0 Å². The number of nitrogens with two attached hydrogens (primary N) is 1. The molecule has 0 spiro atoms. The van der Waals surface area contributed by atoms with E-state index in [1.807, 2.05) is 0 Å². The Hall–Kier alpha value is -0.780. The summed E-state index contributed by atoms with van der Waals surface area (Å²) in [5.74, 6) is -0.636. The SMILES string of the molecule is NC(Cc1ccc(F)cc1Br)c1cc(F)ccc1Br. The second kappa shape index (κ2) is 6.11. The standard InChI is InChI=1S/C14H11Br2F2N/c15-12-4-3-9(17)6-11(12)14(19)5-8-1-2-10(18)7-13(8)16/h1-4,6-7,14H,5,19H2. The Morgan fingerprint density at radius 2 is 1.58 bits per heavy atom. The van der Waals surface area contributed by atoms with Gasteiger partial charge in [0.1, 0.15) is 11.6 Å². The van der Waals surface area contributed by atoms with Crippen LogP contribution in [0.2, 0.25) is 0 Å². The van der Waals surface area contributed by atoms with Gasteiger partial charge in [0.15, 0.2) is 0 Å². The molecule has 100 valence electrons. The smallest absolute Gasteiger partial charge is 0.124 e. The Kier molecular flexibility index (Phi) is 4.71. The summed E-state index contributed by atoms with van der Waals surface area (Å²) < 4.78 is 27.7. The van der Waals surface area contributed by atoms with Crippen molar-refractivity contribution < 1.29 is 8.78 Å². The van der Waals surface area contributed by atoms with Crippen molar-refractivity contribution in [3.63, 3.8) is 0 Å². The van der Waals surface area contributed by atoms with Crippen molar-refractivity contribution in [2.45, 2.75) is 12.5 Å². The van der Waals surface area contributed by atoms with Crippen molar-refractivity contribution in [1.29, 1.82) is 0 Å². The largest absolute Gasteiger partial charge is 0.324 e. The zero-order chi connectivity index (χ0) is 14.0. The summed E-state index contributed by atoms with van der Waals surface area (Å²) >= 11 is 6.66. The van der Waals surface area contributed by atoms with Crippen LogP contribution in [0, 0.1) is 11.6 Å². The number of halogens is 4. The number of benzene rings is 2. The molecule has 0 amide bonds. The van der Waals surface area contributed by atoms with Crippen LogP contribution in [0.1, 0.15) is 17.2 Å². The molecule has 0 heterocycles. The molecule has 0 aliphatic heterocycles. The highest BCUT2D eigenvalue weighted by Gasteiger charge is 2.13. The average molecular weight is 391 g/mol. The Morgan fingerprint density at radius 1 is 0.947 bits per heavy atom. The predicted octanol–water partition coefficient (Wildman–Crippen LogP) is 4.73. The van der Waals surface area contributed by atoms with Crippen LogP contribution in [0.4, 0.5) is 8.78 Å². The molecule has 0 aliphatic rings. The summed E-state index contributed by atoms with van der Waals surface area (Å²) in [6, 6.07) is 8.49. The van der Waals surface area contributed by atoms with E-state index in [1.54, 1.807) is 12.1 Å². The van der Waals surface area contributed by atoms with Gasteiger partial charge >= 0.3 is 0 Å². The molecule has 0 bridgehead atoms. The third-order valence-corrected chi connectivity index (χ3v) is 4.27. The molecule has 0 saturated carbocycles. The van der Waals surface area contributed by atoms with E-state index in [0.29, 0.717) is 16.5 Å². The molecule has 5 heteroatoms. The Balaban J connectivity index is 2.25. The first-order valence-corrected chi connectivity index (χ1v) is 7.20. The Bertz CT molecular complexity index is 602. The van der Waals surface area contributed by atoms with E-state index in [0.717, 1.165) is 10.0 Å². The molecule has 1 unspecified atom stereocenters. The molecular formula is C14H11Br2F2N. The van der Waals surface area contributed by atoms with Crippen LogP contribution >= 0.6 is 31.9 Å². The lowest BCUT2D eigenvalue weighted by Crippen LogP contribution is -2.14. The summed E-state index contributed by atoms with van der Waals surface area (Å²) in [6.07, 6.45) is 0.489. The molecule has 2 aromatic carbocycles. The maximum absolute atomic E-state index is 13.2. The number of rotatable bonds is 3. The number of hydrogen-bond acceptors (Lipinski definition) is 1. The normalized spacial score (nSPS) is 12.5. The van der Waals surface area contributed by atoms with Gasteiger partial charge in [-0.2, -0.15) is 0 Å². The highest BCUT2D eigenvalue weighted by molar-refractivity contribution is 9.10. The van der Waals surface area contributed by atoms with Crippen molar-refractivity contribution in [2.24, 2.45) is 5.73 Å². The van der Waals surface area contributed by atoms with Gasteiger partial charge in [0.05, 0.1) is 0 Å². The topological polar surface area (TPSA) is 26.0 Å². The lowest BCUT2D eigenvalue weighted by molar-refractivity contribution is 0.615. The molecule has 2 N–H and O–H groups in total. The summed E-state index contributed by atoms with van der Waals surface area (Å²) in [4.78, 5) is 0. The highest BCUT2D eigenvalue weighted by atomic mass is 79.9. The van der Waals surface area contributed by atoms with E-state index in [9.17, 15) is 8.78 Å². The summed E-state index contributed by atoms with van der Waals surface area (Å²) in [6.45, 7) is 0. The molecular weight excluding hydrogens is 380 g/mol. The van der Waals surface area contributed by atoms with Gasteiger partial charge in [0.25, 0.3) is 0 Å². The van der Waals surface area contributed by atoms with E-state index < -0.39 is 0 Å². The fourth-order valence-corrected chi connectivity index (χ4v) is 2.89. The van der Waals surface area contributed by atoms with E-state index in [1.165, 1.54) is 24.3 Å². The Morgan fingerprint density at radius 3 is 2.26 bits per heavy atom. The van der Waals surface area contributed by atoms with Gasteiger partial charge in [-0.1, -0.05) is 37.9 Å². The molecule has 0 aliphatic carbocycles. The second-order valence-electron chi connectivity index (χ2n) is 4.21. The van der Waals surface area contributed by atoms with Crippen LogP contribution in [-0.4, -0.2) is 0 Å². The third kappa shape index (κ3) is 3.61. The molecule has 0 radical (unpaired) electrons. The van der Waals surface area contributed by atoms with Crippen molar-refractivity contribution in [1.82, 2.24) is 0 Å². The molecule has 2 aromatic rings. The quantitative estimate of drug-likeness (QED) is 0.805. The molecule has 19 heavy (non-hydrogen) atoms. The first-order valence-electron chi connectivity index (χ1n) is 5.62. The van der Waals surface area contributed by atoms with Crippen LogP contribution in [-0.2, 0) is 6.42 Å². The Labute approximate surface area is 127 Å². The van der Waals surface area contributed by atoms with E-state index in [4.69, 9.17) is 5.73 Å². The van der Waals surface area contributed by atoms with Gasteiger partial charge in [0.2, 0.25) is 0 Å². The second-order valence-corrected chi connectivity index (χ2v) is 5.92. The monoisotopic (exact) mass is 389 g/mol. The van der Waals surface area contributed by atoms with Crippen LogP contribution in [0.3, 0.4) is 0 Å². The van der Waals surface area contributed by atoms with Gasteiger partial charge in [-0.05, 0) is 47.9 Å². The summed E-state index contributed by atoms with van der Waals surface area (Å²) in [5, 5.41) is 0. The molecule has 1 atom stereocenters. The number of hydrogen-bond donors (Lipinski definition) is 1. The van der Waals surface area contributed by atoms with E-state index in [2.05, 4.69) is 31.9 Å². The molecule has 0 fully saturated rings. The van der Waals surface area contributed by atoms with E-state index >= 15 is 0 Å². The van der Waals surface area contributed by atoms with Crippen LogP contribution in [0.5, 0.6) is 0 Å². The van der Waals surface area contributed by atoms with Gasteiger partial charge in [-0.3, -0.25) is 0 Å². The van der Waals surface area contributed by atoms with Gasteiger partial charge in [0, 0.05) is 15.0 Å². The van der Waals surface area contributed by atoms with Crippen molar-refractivity contribution in [3.05, 3.63) is 68.1 Å². The van der Waals surface area contributed by atoms with Crippen LogP contribution in [0.25, 0.3) is 0 Å². The fourth-order valence-electron chi connectivity index (χ4n) is 1.83. The predicted molar refractivity (Wildman–Crippen MR) is 78.8 cm³/mol. The van der Waals surface area contributed by atoms with Crippen molar-refractivity contribution in [2.75, 3.05) is 0 Å². The minimum absolute atomic E-state index is 0.309. The fraction of sp³-hybridized carbons (Fsp3) is 0.143. The third-order valence-electron chi connectivity index (χ3n) is 2.81. The minimum Gasteiger partial charge on any atom is -0.324 e. The lowest BCUT2D eigenvalue weighted by Gasteiger charge is -2.15. The van der Waals surface area contributed by atoms with Gasteiger partial charge < -0.3 is 5.73 Å². The maximum atomic E-state index is 13.2. The maximum Gasteiger partial charge on any atom is 0.124 e. The first kappa shape index (κ1) is 14.6. The van der Waals surface area contributed by atoms with Crippen LogP contribution in [0.15, 0.2) is 45.3 Å². The molecule has 0 saturated heterocycles. The average Bonchev–Trinajstić information content (AvgIpc) is 2.35. The highest BCUT2D eigenvalue weighted by Crippen LogP contribution is 2.28. The molecule has 0 aromatic heterocycles. The van der Waals surface area contributed by atoms with Crippen molar-refractivity contribution >= 4 is 31.9 Å². The zero-order valence-electron chi connectivity index (χ0n) is 9.84. The van der Waals surface area contributed by atoms with E-state index in [-0.39, 0.29) is 17.7 Å². The van der Waals surface area contributed by atoms with Crippen LogP contribution < -0.4 is 5.73 Å². The van der Waals surface area contributed by atoms with Crippen molar-refractivity contribution in [3.8, 4) is 0 Å². The first-order chi connectivity index (χ1) is 8.97. The summed E-state index contributed by atoms with van der Waals surface area (Å²) in [5.41, 5.74) is 7.66. The lowest BCUT2D eigenvalue weighted by atomic mass is 9.99. The van der Waals surface area contributed by atoms with Gasteiger partial charge in [-0.25, -0.2) is 8.78 Å². The molecule has 2 rings (SSSR count). The summed E-state index contributed by atoms with van der Waals surface area (Å²) in [7, 11) is 0. The molecule has 1 nitrogen and oxygen atoms in total. The minimum atomic E-state index is -0.369. The zero-order valence-corrected chi connectivity index (χ0v) is 13.0.